The van der Waals surface area contributed by atoms with E-state index < -0.39 is 0 Å². The first-order valence-electron chi connectivity index (χ1n) is 5.78. The van der Waals surface area contributed by atoms with Crippen LogP contribution in [0.15, 0.2) is 27.0 Å². The highest BCUT2D eigenvalue weighted by Gasteiger charge is 2.08. The molecule has 2 aromatic rings. The minimum atomic E-state index is -0.0575. The molecule has 0 aliphatic heterocycles. The maximum atomic E-state index is 11.9. The van der Waals surface area contributed by atoms with Crippen molar-refractivity contribution < 1.29 is 4.79 Å². The molecule has 0 atom stereocenters. The van der Waals surface area contributed by atoms with Gasteiger partial charge in [0.05, 0.1) is 5.75 Å². The zero-order chi connectivity index (χ0) is 14.5. The van der Waals surface area contributed by atoms with Crippen molar-refractivity contribution in [3.8, 4) is 0 Å². The maximum Gasteiger partial charge on any atom is 0.234 e. The van der Waals surface area contributed by atoms with Gasteiger partial charge >= 0.3 is 0 Å². The monoisotopic (exact) mass is 372 g/mol. The smallest absolute Gasteiger partial charge is 0.234 e. The molecule has 0 radical (unpaired) electrons. The number of aromatic nitrogens is 2. The van der Waals surface area contributed by atoms with Gasteiger partial charge in [-0.25, -0.2) is 0 Å². The highest BCUT2D eigenvalue weighted by Crippen LogP contribution is 2.25. The van der Waals surface area contributed by atoms with Gasteiger partial charge in [-0.1, -0.05) is 39.0 Å². The number of rotatable bonds is 5. The summed E-state index contributed by atoms with van der Waals surface area (Å²) in [6.07, 6.45) is 0. The number of nitrogens with one attached hydrogen (secondary N) is 2. The number of carbonyl (C=O) groups excluding carboxylic acids is 1. The molecule has 0 bridgehead atoms. The normalized spacial score (nSPS) is 10.3. The molecule has 0 saturated heterocycles. The number of benzene rings is 1. The molecule has 0 aliphatic rings. The minimum absolute atomic E-state index is 0.0575. The van der Waals surface area contributed by atoms with Crippen LogP contribution in [-0.2, 0) is 4.79 Å². The third-order valence-corrected chi connectivity index (χ3v) is 5.35. The number of hydrogen-bond donors (Lipinski definition) is 2. The van der Waals surface area contributed by atoms with Crippen molar-refractivity contribution in [2.45, 2.75) is 11.3 Å². The third-order valence-electron chi connectivity index (χ3n) is 2.39. The molecule has 1 aromatic carbocycles. The Kier molecular flexibility index (Phi) is 5.38. The zero-order valence-electron chi connectivity index (χ0n) is 10.9. The van der Waals surface area contributed by atoms with Crippen molar-refractivity contribution in [1.82, 2.24) is 10.2 Å². The van der Waals surface area contributed by atoms with Crippen molar-refractivity contribution in [2.24, 2.45) is 0 Å². The number of carbonyl (C=O) groups is 1. The molecule has 0 aliphatic carbocycles. The quantitative estimate of drug-likeness (QED) is 0.787. The molecule has 0 fully saturated rings. The molecule has 8 heteroatoms. The van der Waals surface area contributed by atoms with Crippen LogP contribution in [0.4, 0.5) is 10.8 Å². The van der Waals surface area contributed by atoms with E-state index in [1.54, 1.807) is 7.05 Å². The summed E-state index contributed by atoms with van der Waals surface area (Å²) in [6, 6.07) is 5.71. The van der Waals surface area contributed by atoms with Gasteiger partial charge in [-0.15, -0.1) is 10.2 Å². The molecule has 1 aromatic heterocycles. The fourth-order valence-corrected chi connectivity index (χ4v) is 3.17. The Morgan fingerprint density at radius 3 is 2.90 bits per heavy atom. The Morgan fingerprint density at radius 1 is 1.45 bits per heavy atom. The van der Waals surface area contributed by atoms with Gasteiger partial charge in [0.2, 0.25) is 11.0 Å². The Morgan fingerprint density at radius 2 is 2.25 bits per heavy atom. The van der Waals surface area contributed by atoms with Gasteiger partial charge in [0, 0.05) is 17.2 Å². The molecule has 1 amide bonds. The zero-order valence-corrected chi connectivity index (χ0v) is 14.2. The number of halogens is 1. The summed E-state index contributed by atoms with van der Waals surface area (Å²) in [5.74, 6) is 0.255. The Labute approximate surface area is 133 Å². The second-order valence-corrected chi connectivity index (χ2v) is 6.98. The Balaban J connectivity index is 1.87. The topological polar surface area (TPSA) is 66.9 Å². The van der Waals surface area contributed by atoms with Gasteiger partial charge in [0.15, 0.2) is 4.34 Å². The van der Waals surface area contributed by atoms with E-state index in [1.807, 2.05) is 25.1 Å². The van der Waals surface area contributed by atoms with Crippen LogP contribution in [0, 0.1) is 6.92 Å². The summed E-state index contributed by atoms with van der Waals surface area (Å²) in [6.45, 7) is 1.98. The number of hydrogen-bond acceptors (Lipinski definition) is 6. The molecule has 0 unspecified atom stereocenters. The molecule has 20 heavy (non-hydrogen) atoms. The SMILES string of the molecule is CNc1nnc(SCC(=O)Nc2ccc(Br)c(C)c2)s1. The van der Waals surface area contributed by atoms with Crippen LogP contribution >= 0.6 is 39.0 Å². The van der Waals surface area contributed by atoms with Gasteiger partial charge < -0.3 is 10.6 Å². The summed E-state index contributed by atoms with van der Waals surface area (Å²) >= 11 is 6.23. The van der Waals surface area contributed by atoms with Crippen molar-refractivity contribution >= 4 is 55.8 Å². The van der Waals surface area contributed by atoms with Gasteiger partial charge in [-0.05, 0) is 30.7 Å². The van der Waals surface area contributed by atoms with Crippen LogP contribution in [0.5, 0.6) is 0 Å². The molecule has 2 rings (SSSR count). The summed E-state index contributed by atoms with van der Waals surface area (Å²) in [7, 11) is 1.79. The number of amides is 1. The molecular weight excluding hydrogens is 360 g/mol. The fourth-order valence-electron chi connectivity index (χ4n) is 1.42. The lowest BCUT2D eigenvalue weighted by Crippen LogP contribution is -2.14. The van der Waals surface area contributed by atoms with Gasteiger partial charge in [-0.2, -0.15) is 0 Å². The van der Waals surface area contributed by atoms with Gasteiger partial charge in [-0.3, -0.25) is 4.79 Å². The molecule has 0 saturated carbocycles. The van der Waals surface area contributed by atoms with Crippen LogP contribution in [0.2, 0.25) is 0 Å². The van der Waals surface area contributed by atoms with E-state index in [1.165, 1.54) is 23.1 Å². The van der Waals surface area contributed by atoms with E-state index in [2.05, 4.69) is 36.8 Å². The van der Waals surface area contributed by atoms with Crippen molar-refractivity contribution in [1.29, 1.82) is 0 Å². The van der Waals surface area contributed by atoms with Crippen LogP contribution in [-0.4, -0.2) is 28.9 Å². The number of nitrogens with zero attached hydrogens (tertiary/aromatic N) is 2. The lowest BCUT2D eigenvalue weighted by Gasteiger charge is -2.06. The van der Waals surface area contributed by atoms with Crippen LogP contribution in [0.25, 0.3) is 0 Å². The van der Waals surface area contributed by atoms with Crippen LogP contribution < -0.4 is 10.6 Å². The Hall–Kier alpha value is -1.12. The maximum absolute atomic E-state index is 11.9. The number of anilines is 2. The number of aryl methyl sites for hydroxylation is 1. The first-order valence-corrected chi connectivity index (χ1v) is 8.38. The number of thioether (sulfide) groups is 1. The third kappa shape index (κ3) is 4.19. The van der Waals surface area contributed by atoms with Crippen molar-refractivity contribution in [3.05, 3.63) is 28.2 Å². The predicted octanol–water partition coefficient (Wildman–Crippen LogP) is 3.38. The van der Waals surface area contributed by atoms with Crippen LogP contribution in [0.3, 0.4) is 0 Å². The van der Waals surface area contributed by atoms with E-state index in [0.29, 0.717) is 5.75 Å². The van der Waals surface area contributed by atoms with Gasteiger partial charge in [0.1, 0.15) is 0 Å². The largest absolute Gasteiger partial charge is 0.363 e. The summed E-state index contributed by atoms with van der Waals surface area (Å²) in [5.41, 5.74) is 1.88. The summed E-state index contributed by atoms with van der Waals surface area (Å²) < 4.78 is 1.80. The average molecular weight is 373 g/mol. The van der Waals surface area contributed by atoms with E-state index in [9.17, 15) is 4.79 Å². The van der Waals surface area contributed by atoms with Crippen molar-refractivity contribution in [2.75, 3.05) is 23.4 Å². The predicted molar refractivity (Wildman–Crippen MR) is 87.7 cm³/mol. The van der Waals surface area contributed by atoms with E-state index >= 15 is 0 Å². The second kappa shape index (κ2) is 7.05. The fraction of sp³-hybridized carbons (Fsp3) is 0.250. The molecular formula is C12H13BrN4OS2. The first kappa shape index (κ1) is 15.3. The second-order valence-electron chi connectivity index (χ2n) is 3.92. The molecule has 106 valence electrons. The summed E-state index contributed by atoms with van der Waals surface area (Å²) in [5, 5.41) is 14.4. The standard InChI is InChI=1S/C12H13BrN4OS2/c1-7-5-8(3-4-9(7)13)15-10(18)6-19-12-17-16-11(14-2)20-12/h3-5H,6H2,1-2H3,(H,14,16)(H,15,18). The average Bonchev–Trinajstić information content (AvgIpc) is 2.89. The van der Waals surface area contributed by atoms with Crippen LogP contribution in [0.1, 0.15) is 5.56 Å². The molecule has 0 spiro atoms. The van der Waals surface area contributed by atoms with Crippen molar-refractivity contribution in [3.63, 3.8) is 0 Å². The highest BCUT2D eigenvalue weighted by molar-refractivity contribution is 9.10. The van der Waals surface area contributed by atoms with E-state index in [4.69, 9.17) is 0 Å². The molecule has 5 nitrogen and oxygen atoms in total. The highest BCUT2D eigenvalue weighted by atomic mass is 79.9. The minimum Gasteiger partial charge on any atom is -0.363 e. The molecule has 1 heterocycles. The lowest BCUT2D eigenvalue weighted by atomic mass is 10.2. The first-order chi connectivity index (χ1) is 9.58. The summed E-state index contributed by atoms with van der Waals surface area (Å²) in [4.78, 5) is 11.9. The Bertz CT molecular complexity index is 617. The lowest BCUT2D eigenvalue weighted by molar-refractivity contribution is -0.113. The van der Waals surface area contributed by atoms with E-state index in [-0.39, 0.29) is 5.91 Å². The van der Waals surface area contributed by atoms with E-state index in [0.717, 1.165) is 25.2 Å². The van der Waals surface area contributed by atoms with Gasteiger partial charge in [0.25, 0.3) is 0 Å². The molecule has 2 N–H and O–H groups in total.